The van der Waals surface area contributed by atoms with Gasteiger partial charge in [0.2, 0.25) is 0 Å². The summed E-state index contributed by atoms with van der Waals surface area (Å²) in [5.41, 5.74) is 2.95. The van der Waals surface area contributed by atoms with Crippen molar-refractivity contribution in [3.63, 3.8) is 0 Å². The van der Waals surface area contributed by atoms with Gasteiger partial charge in [0.15, 0.2) is 5.75 Å². The van der Waals surface area contributed by atoms with E-state index in [4.69, 9.17) is 9.47 Å². The zero-order valence-corrected chi connectivity index (χ0v) is 21.9. The van der Waals surface area contributed by atoms with Crippen molar-refractivity contribution in [1.29, 1.82) is 0 Å². The Morgan fingerprint density at radius 3 is 2.51 bits per heavy atom. The molecule has 0 atom stereocenters. The first-order valence-electron chi connectivity index (χ1n) is 12.4. The summed E-state index contributed by atoms with van der Waals surface area (Å²) >= 11 is 0. The number of amides is 3. The van der Waals surface area contributed by atoms with Crippen LogP contribution in [0.15, 0.2) is 30.6 Å². The van der Waals surface area contributed by atoms with Gasteiger partial charge in [-0.05, 0) is 45.4 Å². The number of fused-ring (bicyclic) bond motifs is 2. The fourth-order valence-corrected chi connectivity index (χ4v) is 4.91. The van der Waals surface area contributed by atoms with Gasteiger partial charge in [-0.2, -0.15) is 5.10 Å². The summed E-state index contributed by atoms with van der Waals surface area (Å²) in [7, 11) is 3.43. The minimum absolute atomic E-state index is 0.264. The number of rotatable bonds is 3. The maximum absolute atomic E-state index is 13.3. The summed E-state index contributed by atoms with van der Waals surface area (Å²) in [4.78, 5) is 36.0. The molecule has 5 rings (SSSR count). The Bertz CT molecular complexity index is 1340. The van der Waals surface area contributed by atoms with E-state index >= 15 is 0 Å². The van der Waals surface area contributed by atoms with Crippen molar-refractivity contribution >= 4 is 40.2 Å². The topological polar surface area (TPSA) is 105 Å². The van der Waals surface area contributed by atoms with Gasteiger partial charge in [-0.15, -0.1) is 0 Å². The Labute approximate surface area is 215 Å². The number of carbonyl (C=O) groups is 2. The lowest BCUT2D eigenvalue weighted by Gasteiger charge is -2.37. The Hall–Kier alpha value is -4.02. The van der Waals surface area contributed by atoms with Gasteiger partial charge in [-0.25, -0.2) is 14.6 Å². The highest BCUT2D eigenvalue weighted by molar-refractivity contribution is 6.05. The van der Waals surface area contributed by atoms with Crippen molar-refractivity contribution in [2.45, 2.75) is 32.8 Å². The third-order valence-electron chi connectivity index (χ3n) is 6.57. The van der Waals surface area contributed by atoms with E-state index in [1.54, 1.807) is 33.9 Å². The predicted octanol–water partition coefficient (Wildman–Crippen LogP) is 3.63. The number of pyridine rings is 1. The minimum atomic E-state index is -0.516. The van der Waals surface area contributed by atoms with Gasteiger partial charge >= 0.3 is 12.1 Å². The highest BCUT2D eigenvalue weighted by Gasteiger charge is 2.32. The molecule has 2 aromatic heterocycles. The van der Waals surface area contributed by atoms with E-state index in [1.807, 2.05) is 46.1 Å². The van der Waals surface area contributed by atoms with Crippen LogP contribution >= 0.6 is 0 Å². The van der Waals surface area contributed by atoms with Crippen LogP contribution in [0.2, 0.25) is 0 Å². The number of benzene rings is 1. The summed E-state index contributed by atoms with van der Waals surface area (Å²) in [6.45, 7) is 8.67. The van der Waals surface area contributed by atoms with Gasteiger partial charge in [-0.1, -0.05) is 0 Å². The second-order valence-corrected chi connectivity index (χ2v) is 10.3. The average molecular weight is 508 g/mol. The fourth-order valence-electron chi connectivity index (χ4n) is 4.91. The van der Waals surface area contributed by atoms with Crippen molar-refractivity contribution in [1.82, 2.24) is 19.7 Å². The first kappa shape index (κ1) is 24.7. The number of methoxy groups -OCH3 is 1. The third-order valence-corrected chi connectivity index (χ3v) is 6.57. The molecule has 37 heavy (non-hydrogen) atoms. The number of aryl methyl sites for hydroxylation is 1. The van der Waals surface area contributed by atoms with E-state index in [2.05, 4.69) is 20.3 Å². The van der Waals surface area contributed by atoms with Crippen LogP contribution in [0.3, 0.4) is 0 Å². The molecule has 11 heteroatoms. The molecule has 0 spiro atoms. The van der Waals surface area contributed by atoms with Crippen LogP contribution in [-0.4, -0.2) is 77.2 Å². The van der Waals surface area contributed by atoms with E-state index in [9.17, 15) is 9.59 Å². The number of carbonyl (C=O) groups excluding carboxylic acids is 2. The van der Waals surface area contributed by atoms with E-state index < -0.39 is 5.60 Å². The number of anilines is 3. The highest BCUT2D eigenvalue weighted by atomic mass is 16.6. The van der Waals surface area contributed by atoms with Crippen molar-refractivity contribution in [3.05, 3.63) is 36.2 Å². The van der Waals surface area contributed by atoms with E-state index in [1.165, 1.54) is 0 Å². The second-order valence-electron chi connectivity index (χ2n) is 10.3. The number of urea groups is 1. The van der Waals surface area contributed by atoms with Gasteiger partial charge in [0.25, 0.3) is 0 Å². The summed E-state index contributed by atoms with van der Waals surface area (Å²) in [5.74, 6) is 1.23. The number of hydrogen-bond acceptors (Lipinski definition) is 7. The largest absolute Gasteiger partial charge is 0.494 e. The van der Waals surface area contributed by atoms with Crippen molar-refractivity contribution in [3.8, 4) is 5.75 Å². The number of piperazine rings is 1. The van der Waals surface area contributed by atoms with Crippen LogP contribution in [0, 0.1) is 0 Å². The molecule has 1 saturated heterocycles. The van der Waals surface area contributed by atoms with E-state index in [-0.39, 0.29) is 12.1 Å². The summed E-state index contributed by atoms with van der Waals surface area (Å²) in [5, 5.41) is 8.23. The number of nitrogens with zero attached hydrogens (tertiary/aromatic N) is 6. The quantitative estimate of drug-likeness (QED) is 0.577. The molecule has 0 saturated carbocycles. The lowest BCUT2D eigenvalue weighted by Crippen LogP contribution is -2.50. The van der Waals surface area contributed by atoms with Crippen molar-refractivity contribution < 1.29 is 19.1 Å². The molecular weight excluding hydrogens is 474 g/mol. The molecule has 11 nitrogen and oxygen atoms in total. The Balaban J connectivity index is 1.30. The molecule has 1 fully saturated rings. The Kier molecular flexibility index (Phi) is 6.30. The standard InChI is InChI=1S/C26H33N7O4/c1-26(2,3)37-25(35)32-14-12-31(13-15-32)21-8-10-27-23-17(21)9-11-33(23)24(34)28-20-7-6-19-18(22(20)36-5)16-30(4)29-19/h6-8,10,16H,9,11-15H2,1-5H3,(H,28,34). The molecule has 3 amide bonds. The zero-order valence-electron chi connectivity index (χ0n) is 21.9. The first-order chi connectivity index (χ1) is 17.6. The molecule has 196 valence electrons. The highest BCUT2D eigenvalue weighted by Crippen LogP contribution is 2.36. The molecule has 0 unspecified atom stereocenters. The lowest BCUT2D eigenvalue weighted by molar-refractivity contribution is 0.0240. The molecule has 1 aromatic carbocycles. The molecule has 3 aromatic rings. The van der Waals surface area contributed by atoms with Gasteiger partial charge in [0.05, 0.1) is 23.7 Å². The third kappa shape index (κ3) is 4.85. The summed E-state index contributed by atoms with van der Waals surface area (Å²) < 4.78 is 12.8. The molecule has 0 aliphatic carbocycles. The monoisotopic (exact) mass is 507 g/mol. The number of nitrogens with one attached hydrogen (secondary N) is 1. The molecule has 1 N–H and O–H groups in total. The zero-order chi connectivity index (χ0) is 26.3. The van der Waals surface area contributed by atoms with Crippen molar-refractivity contribution in [2.75, 3.05) is 55.0 Å². The van der Waals surface area contributed by atoms with Crippen LogP contribution in [0.4, 0.5) is 26.8 Å². The SMILES string of the molecule is COc1c(NC(=O)N2CCc3c(N4CCN(C(=O)OC(C)(C)C)CC4)ccnc32)ccc2nn(C)cc12. The molecule has 0 radical (unpaired) electrons. The molecule has 4 heterocycles. The van der Waals surface area contributed by atoms with Crippen molar-refractivity contribution in [2.24, 2.45) is 7.05 Å². The van der Waals surface area contributed by atoms with E-state index in [0.717, 1.165) is 22.2 Å². The maximum atomic E-state index is 13.3. The van der Waals surface area contributed by atoms with Crippen LogP contribution in [0.1, 0.15) is 26.3 Å². The predicted molar refractivity (Wildman–Crippen MR) is 142 cm³/mol. The number of hydrogen-bond donors (Lipinski definition) is 1. The average Bonchev–Trinajstić information content (AvgIpc) is 3.46. The summed E-state index contributed by atoms with van der Waals surface area (Å²) in [6, 6.07) is 5.39. The minimum Gasteiger partial charge on any atom is -0.494 e. The van der Waals surface area contributed by atoms with Gasteiger partial charge in [0.1, 0.15) is 11.4 Å². The number of ether oxygens (including phenoxy) is 2. The molecule has 2 aliphatic heterocycles. The Morgan fingerprint density at radius 1 is 1.05 bits per heavy atom. The first-order valence-corrected chi connectivity index (χ1v) is 12.4. The lowest BCUT2D eigenvalue weighted by atomic mass is 10.1. The molecule has 2 aliphatic rings. The smallest absolute Gasteiger partial charge is 0.410 e. The van der Waals surface area contributed by atoms with Crippen LogP contribution < -0.4 is 19.9 Å². The van der Waals surface area contributed by atoms with Gasteiger partial charge in [-0.3, -0.25) is 9.58 Å². The summed E-state index contributed by atoms with van der Waals surface area (Å²) in [6.07, 6.45) is 4.03. The van der Waals surface area contributed by atoms with Crippen LogP contribution in [-0.2, 0) is 18.2 Å². The van der Waals surface area contributed by atoms with Crippen LogP contribution in [0.5, 0.6) is 5.75 Å². The molecular formula is C26H33N7O4. The molecule has 0 bridgehead atoms. The van der Waals surface area contributed by atoms with E-state index in [0.29, 0.717) is 56.4 Å². The normalized spacial score (nSPS) is 15.6. The second kappa shape index (κ2) is 9.45. The van der Waals surface area contributed by atoms with Gasteiger partial charge < -0.3 is 24.6 Å². The fraction of sp³-hybridized carbons (Fsp3) is 0.462. The Morgan fingerprint density at radius 2 is 1.81 bits per heavy atom. The van der Waals surface area contributed by atoms with Gasteiger partial charge in [0, 0.05) is 63.4 Å². The maximum Gasteiger partial charge on any atom is 0.410 e. The number of aromatic nitrogens is 3. The van der Waals surface area contributed by atoms with Crippen LogP contribution in [0.25, 0.3) is 10.9 Å².